The number of benzene rings is 2. The van der Waals surface area contributed by atoms with E-state index in [4.69, 9.17) is 9.47 Å². The van der Waals surface area contributed by atoms with Gasteiger partial charge in [-0.05, 0) is 36.2 Å². The third kappa shape index (κ3) is 3.88. The van der Waals surface area contributed by atoms with Crippen molar-refractivity contribution < 1.29 is 9.47 Å². The van der Waals surface area contributed by atoms with Crippen molar-refractivity contribution in [3.05, 3.63) is 66.2 Å². The summed E-state index contributed by atoms with van der Waals surface area (Å²) in [6.07, 6.45) is 4.29. The SMILES string of the molecule is C=CCc1cc(C=NNc2ccccc2)cc(OC)c1OC. The summed E-state index contributed by atoms with van der Waals surface area (Å²) >= 11 is 0. The molecule has 0 spiro atoms. The van der Waals surface area contributed by atoms with Crippen molar-refractivity contribution in [3.8, 4) is 11.5 Å². The Bertz CT molecular complexity index is 652. The summed E-state index contributed by atoms with van der Waals surface area (Å²) in [5.41, 5.74) is 5.86. The highest BCUT2D eigenvalue weighted by Crippen LogP contribution is 2.32. The molecule has 4 nitrogen and oxygen atoms in total. The molecule has 0 saturated carbocycles. The Morgan fingerprint density at radius 2 is 1.91 bits per heavy atom. The molecule has 0 fully saturated rings. The molecule has 0 atom stereocenters. The van der Waals surface area contributed by atoms with Crippen molar-refractivity contribution in [2.24, 2.45) is 5.10 Å². The zero-order valence-electron chi connectivity index (χ0n) is 12.9. The highest BCUT2D eigenvalue weighted by atomic mass is 16.5. The minimum atomic E-state index is 0.683. The van der Waals surface area contributed by atoms with Gasteiger partial charge in [0.25, 0.3) is 0 Å². The van der Waals surface area contributed by atoms with E-state index in [0.717, 1.165) is 22.6 Å². The molecule has 2 aromatic rings. The standard InChI is InChI=1S/C18H20N2O2/c1-4-8-15-11-14(12-17(21-2)18(15)22-3)13-19-20-16-9-6-5-7-10-16/h4-7,9-13,20H,1,8H2,2-3H3. The molecule has 0 saturated heterocycles. The Balaban J connectivity index is 2.23. The molecule has 0 aliphatic rings. The van der Waals surface area contributed by atoms with Gasteiger partial charge in [-0.2, -0.15) is 5.10 Å². The highest BCUT2D eigenvalue weighted by molar-refractivity contribution is 5.82. The number of hydrazone groups is 1. The molecule has 0 bridgehead atoms. The van der Waals surface area contributed by atoms with Crippen molar-refractivity contribution in [1.29, 1.82) is 0 Å². The van der Waals surface area contributed by atoms with Gasteiger partial charge >= 0.3 is 0 Å². The average molecular weight is 296 g/mol. The number of methoxy groups -OCH3 is 2. The van der Waals surface area contributed by atoms with Gasteiger partial charge < -0.3 is 9.47 Å². The van der Waals surface area contributed by atoms with Crippen molar-refractivity contribution in [2.45, 2.75) is 6.42 Å². The van der Waals surface area contributed by atoms with Gasteiger partial charge in [-0.25, -0.2) is 0 Å². The fourth-order valence-electron chi connectivity index (χ4n) is 2.14. The first-order valence-corrected chi connectivity index (χ1v) is 6.98. The number of ether oxygens (including phenoxy) is 2. The van der Waals surface area contributed by atoms with Gasteiger partial charge in [0.15, 0.2) is 11.5 Å². The van der Waals surface area contributed by atoms with Crippen LogP contribution in [0.4, 0.5) is 5.69 Å². The van der Waals surface area contributed by atoms with Gasteiger partial charge in [0.1, 0.15) is 0 Å². The van der Waals surface area contributed by atoms with Crippen LogP contribution in [0.3, 0.4) is 0 Å². The zero-order chi connectivity index (χ0) is 15.8. The van der Waals surface area contributed by atoms with Gasteiger partial charge in [-0.15, -0.1) is 6.58 Å². The van der Waals surface area contributed by atoms with Gasteiger partial charge in [-0.1, -0.05) is 24.3 Å². The third-order valence-corrected chi connectivity index (χ3v) is 3.12. The lowest BCUT2D eigenvalue weighted by Gasteiger charge is -2.13. The van der Waals surface area contributed by atoms with E-state index >= 15 is 0 Å². The van der Waals surface area contributed by atoms with E-state index in [2.05, 4.69) is 17.1 Å². The van der Waals surface area contributed by atoms with Crippen LogP contribution in [0.15, 0.2) is 60.2 Å². The molecule has 0 aliphatic carbocycles. The molecular formula is C18H20N2O2. The first kappa shape index (κ1) is 15.6. The number of nitrogens with zero attached hydrogens (tertiary/aromatic N) is 1. The van der Waals surface area contributed by atoms with Crippen LogP contribution in [0, 0.1) is 0 Å². The minimum Gasteiger partial charge on any atom is -0.493 e. The highest BCUT2D eigenvalue weighted by Gasteiger charge is 2.10. The third-order valence-electron chi connectivity index (χ3n) is 3.12. The monoisotopic (exact) mass is 296 g/mol. The first-order chi connectivity index (χ1) is 10.8. The molecule has 2 aromatic carbocycles. The van der Waals surface area contributed by atoms with Crippen molar-refractivity contribution in [1.82, 2.24) is 0 Å². The number of hydrogen-bond acceptors (Lipinski definition) is 4. The molecule has 0 unspecified atom stereocenters. The second kappa shape index (κ2) is 7.88. The van der Waals surface area contributed by atoms with E-state index < -0.39 is 0 Å². The Morgan fingerprint density at radius 3 is 2.55 bits per heavy atom. The predicted octanol–water partition coefficient (Wildman–Crippen LogP) is 3.88. The van der Waals surface area contributed by atoms with Crippen molar-refractivity contribution in [2.75, 3.05) is 19.6 Å². The van der Waals surface area contributed by atoms with E-state index in [9.17, 15) is 0 Å². The largest absolute Gasteiger partial charge is 0.493 e. The van der Waals surface area contributed by atoms with Crippen LogP contribution >= 0.6 is 0 Å². The lowest BCUT2D eigenvalue weighted by atomic mass is 10.1. The van der Waals surface area contributed by atoms with E-state index in [1.807, 2.05) is 48.5 Å². The predicted molar refractivity (Wildman–Crippen MR) is 91.1 cm³/mol. The molecule has 0 aromatic heterocycles. The van der Waals surface area contributed by atoms with E-state index in [0.29, 0.717) is 12.2 Å². The quantitative estimate of drug-likeness (QED) is 0.479. The summed E-state index contributed by atoms with van der Waals surface area (Å²) in [6.45, 7) is 3.78. The molecule has 114 valence electrons. The fraction of sp³-hybridized carbons (Fsp3) is 0.167. The minimum absolute atomic E-state index is 0.683. The first-order valence-electron chi connectivity index (χ1n) is 6.98. The molecule has 1 N–H and O–H groups in total. The maximum absolute atomic E-state index is 5.42. The number of nitrogens with one attached hydrogen (secondary N) is 1. The maximum Gasteiger partial charge on any atom is 0.164 e. The zero-order valence-corrected chi connectivity index (χ0v) is 12.9. The Kier molecular flexibility index (Phi) is 5.60. The topological polar surface area (TPSA) is 42.9 Å². The van der Waals surface area contributed by atoms with E-state index in [-0.39, 0.29) is 0 Å². The van der Waals surface area contributed by atoms with Crippen LogP contribution < -0.4 is 14.9 Å². The summed E-state index contributed by atoms with van der Waals surface area (Å²) in [5.74, 6) is 1.42. The number of para-hydroxylation sites is 1. The molecule has 2 rings (SSSR count). The van der Waals surface area contributed by atoms with Crippen LogP contribution in [-0.4, -0.2) is 20.4 Å². The summed E-state index contributed by atoms with van der Waals surface area (Å²) in [6, 6.07) is 13.7. The normalized spacial score (nSPS) is 10.5. The average Bonchev–Trinajstić information content (AvgIpc) is 2.55. The van der Waals surface area contributed by atoms with Crippen LogP contribution in [0.2, 0.25) is 0 Å². The van der Waals surface area contributed by atoms with Crippen LogP contribution in [0.5, 0.6) is 11.5 Å². The number of anilines is 1. The van der Waals surface area contributed by atoms with E-state index in [1.165, 1.54) is 0 Å². The number of hydrogen-bond donors (Lipinski definition) is 1. The summed E-state index contributed by atoms with van der Waals surface area (Å²) in [4.78, 5) is 0. The Labute approximate surface area is 131 Å². The summed E-state index contributed by atoms with van der Waals surface area (Å²) in [7, 11) is 3.26. The van der Waals surface area contributed by atoms with Crippen LogP contribution in [0.1, 0.15) is 11.1 Å². The van der Waals surface area contributed by atoms with Gasteiger partial charge in [-0.3, -0.25) is 5.43 Å². The van der Waals surface area contributed by atoms with Crippen molar-refractivity contribution in [3.63, 3.8) is 0 Å². The smallest absolute Gasteiger partial charge is 0.164 e. The summed E-state index contributed by atoms with van der Waals surface area (Å²) < 4.78 is 10.8. The Morgan fingerprint density at radius 1 is 1.14 bits per heavy atom. The second-order valence-electron chi connectivity index (χ2n) is 4.64. The number of allylic oxidation sites excluding steroid dienone is 1. The van der Waals surface area contributed by atoms with E-state index in [1.54, 1.807) is 20.4 Å². The molecule has 0 radical (unpaired) electrons. The molecule has 0 amide bonds. The van der Waals surface area contributed by atoms with Crippen molar-refractivity contribution >= 4 is 11.9 Å². The molecule has 4 heteroatoms. The van der Waals surface area contributed by atoms with Gasteiger partial charge in [0.05, 0.1) is 26.1 Å². The summed E-state index contributed by atoms with van der Waals surface area (Å²) in [5, 5.41) is 4.25. The molecular weight excluding hydrogens is 276 g/mol. The second-order valence-corrected chi connectivity index (χ2v) is 4.64. The van der Waals surface area contributed by atoms with Gasteiger partial charge in [0, 0.05) is 5.56 Å². The molecule has 0 aliphatic heterocycles. The lowest BCUT2D eigenvalue weighted by molar-refractivity contribution is 0.352. The number of rotatable bonds is 7. The molecule has 22 heavy (non-hydrogen) atoms. The maximum atomic E-state index is 5.42. The molecule has 0 heterocycles. The van der Waals surface area contributed by atoms with Crippen LogP contribution in [-0.2, 0) is 6.42 Å². The van der Waals surface area contributed by atoms with Gasteiger partial charge in [0.2, 0.25) is 0 Å². The Hall–Kier alpha value is -2.75. The fourth-order valence-corrected chi connectivity index (χ4v) is 2.14. The van der Waals surface area contributed by atoms with Crippen LogP contribution in [0.25, 0.3) is 0 Å². The lowest BCUT2D eigenvalue weighted by Crippen LogP contribution is -1.98.